The number of fused-ring (bicyclic) bond motifs is 1. The largest absolute Gasteiger partial charge is 0.339 e. The van der Waals surface area contributed by atoms with E-state index in [9.17, 15) is 12.8 Å². The Kier molecular flexibility index (Phi) is 6.94. The number of anilines is 2. The van der Waals surface area contributed by atoms with Gasteiger partial charge in [0, 0.05) is 37.3 Å². The molecule has 1 N–H and O–H groups in total. The summed E-state index contributed by atoms with van der Waals surface area (Å²) in [6, 6.07) is 19.0. The van der Waals surface area contributed by atoms with Gasteiger partial charge in [-0.1, -0.05) is 30.3 Å². The number of nitrogens with one attached hydrogen (secondary N) is 1. The molecule has 0 saturated carbocycles. The molecule has 5 rings (SSSR count). The Morgan fingerprint density at radius 2 is 1.51 bits per heavy atom. The fourth-order valence-electron chi connectivity index (χ4n) is 4.76. The van der Waals surface area contributed by atoms with E-state index in [0.29, 0.717) is 32.0 Å². The van der Waals surface area contributed by atoms with Gasteiger partial charge in [-0.15, -0.1) is 0 Å². The number of hydrogen-bond acceptors (Lipinski definition) is 6. The molecule has 4 aromatic rings. The van der Waals surface area contributed by atoms with Crippen molar-refractivity contribution in [3.63, 3.8) is 0 Å². The number of hydrogen-bond donors (Lipinski definition) is 1. The normalized spacial score (nSPS) is 16.1. The number of nitrogens with zero attached hydrogens (tertiary/aromatic N) is 4. The van der Waals surface area contributed by atoms with Gasteiger partial charge in [-0.2, -0.15) is 4.31 Å². The van der Waals surface area contributed by atoms with E-state index < -0.39 is 15.8 Å². The second-order valence-corrected chi connectivity index (χ2v) is 11.3. The van der Waals surface area contributed by atoms with Crippen LogP contribution in [-0.4, -0.2) is 53.8 Å². The molecular weight excluding hydrogens is 489 g/mol. The maximum atomic E-state index is 13.3. The number of halogens is 1. The lowest BCUT2D eigenvalue weighted by molar-refractivity contribution is 0.141. The predicted molar refractivity (Wildman–Crippen MR) is 144 cm³/mol. The van der Waals surface area contributed by atoms with Crippen LogP contribution in [0.25, 0.3) is 10.9 Å². The van der Waals surface area contributed by atoms with E-state index in [0.717, 1.165) is 33.5 Å². The number of benzene rings is 3. The summed E-state index contributed by atoms with van der Waals surface area (Å²) in [5.74, 6) is 0.976. The molecule has 37 heavy (non-hydrogen) atoms. The molecule has 9 heteroatoms. The predicted octanol–water partition coefficient (Wildman–Crippen LogP) is 5.20. The van der Waals surface area contributed by atoms with Crippen LogP contribution in [0.5, 0.6) is 0 Å². The summed E-state index contributed by atoms with van der Waals surface area (Å²) in [6.07, 6.45) is 0. The lowest BCUT2D eigenvalue weighted by atomic mass is 10.1. The van der Waals surface area contributed by atoms with Crippen LogP contribution in [-0.2, 0) is 10.0 Å². The molecule has 1 atom stereocenters. The standard InChI is InChI=1S/C28H30FN5O2S/c1-19-7-6-8-20(2)26(19)31-28-24-9-4-5-10-25(24)30-27(32-28)21(3)33-15-17-34(18-16-33)37(35,36)23-13-11-22(29)12-14-23/h4-14,21H,15-18H2,1-3H3,(H,30,31,32)/t21-/m1/s1. The SMILES string of the molecule is Cc1cccc(C)c1Nc1nc([C@@H](C)N2CCN(S(=O)(=O)c3ccc(F)cc3)CC2)nc2ccccc12. The minimum atomic E-state index is -3.67. The first-order valence-corrected chi connectivity index (χ1v) is 13.8. The van der Waals surface area contributed by atoms with Crippen molar-refractivity contribution in [2.75, 3.05) is 31.5 Å². The van der Waals surface area contributed by atoms with Crippen molar-refractivity contribution >= 4 is 32.4 Å². The van der Waals surface area contributed by atoms with E-state index in [4.69, 9.17) is 9.97 Å². The van der Waals surface area contributed by atoms with Gasteiger partial charge in [0.05, 0.1) is 16.5 Å². The fraction of sp³-hybridized carbons (Fsp3) is 0.286. The zero-order chi connectivity index (χ0) is 26.2. The number of aromatic nitrogens is 2. The summed E-state index contributed by atoms with van der Waals surface area (Å²) < 4.78 is 40.8. The zero-order valence-electron chi connectivity index (χ0n) is 21.1. The van der Waals surface area contributed by atoms with Crippen molar-refractivity contribution < 1.29 is 12.8 Å². The van der Waals surface area contributed by atoms with Gasteiger partial charge in [0.25, 0.3) is 0 Å². The van der Waals surface area contributed by atoms with Crippen LogP contribution in [0.15, 0.2) is 71.6 Å². The maximum Gasteiger partial charge on any atom is 0.243 e. The lowest BCUT2D eigenvalue weighted by Gasteiger charge is -2.36. The van der Waals surface area contributed by atoms with E-state index in [-0.39, 0.29) is 10.9 Å². The average molecular weight is 520 g/mol. The highest BCUT2D eigenvalue weighted by Crippen LogP contribution is 2.30. The van der Waals surface area contributed by atoms with Crippen molar-refractivity contribution in [3.8, 4) is 0 Å². The molecule has 1 fully saturated rings. The maximum absolute atomic E-state index is 13.3. The molecule has 1 aliphatic heterocycles. The third kappa shape index (κ3) is 5.07. The smallest absolute Gasteiger partial charge is 0.243 e. The van der Waals surface area contributed by atoms with E-state index >= 15 is 0 Å². The molecule has 1 aromatic heterocycles. The highest BCUT2D eigenvalue weighted by atomic mass is 32.2. The molecule has 0 bridgehead atoms. The Labute approximate surface area is 217 Å². The Bertz CT molecular complexity index is 1510. The minimum absolute atomic E-state index is 0.107. The van der Waals surface area contributed by atoms with Gasteiger partial charge < -0.3 is 5.32 Å². The van der Waals surface area contributed by atoms with E-state index in [1.54, 1.807) is 0 Å². The molecule has 0 radical (unpaired) electrons. The monoisotopic (exact) mass is 519 g/mol. The Balaban J connectivity index is 1.38. The summed E-state index contributed by atoms with van der Waals surface area (Å²) in [4.78, 5) is 12.1. The van der Waals surface area contributed by atoms with E-state index in [1.807, 2.05) is 30.3 Å². The van der Waals surface area contributed by atoms with Gasteiger partial charge in [0.1, 0.15) is 17.5 Å². The summed E-state index contributed by atoms with van der Waals surface area (Å²) in [6.45, 7) is 7.95. The number of piperazine rings is 1. The Morgan fingerprint density at radius 3 is 2.19 bits per heavy atom. The molecule has 192 valence electrons. The molecular formula is C28H30FN5O2S. The van der Waals surface area contributed by atoms with E-state index in [1.165, 1.54) is 28.6 Å². The van der Waals surface area contributed by atoms with Gasteiger partial charge in [-0.25, -0.2) is 22.8 Å². The topological polar surface area (TPSA) is 78.4 Å². The summed E-state index contributed by atoms with van der Waals surface area (Å²) in [7, 11) is -3.67. The Hall–Kier alpha value is -3.40. The van der Waals surface area contributed by atoms with Gasteiger partial charge >= 0.3 is 0 Å². The second-order valence-electron chi connectivity index (χ2n) is 9.41. The second kappa shape index (κ2) is 10.2. The molecule has 0 unspecified atom stereocenters. The first-order valence-electron chi connectivity index (χ1n) is 12.3. The first kappa shape index (κ1) is 25.3. The van der Waals surface area contributed by atoms with Crippen molar-refractivity contribution in [2.24, 2.45) is 0 Å². The molecule has 2 heterocycles. The van der Waals surface area contributed by atoms with Crippen molar-refractivity contribution in [1.29, 1.82) is 0 Å². The number of aryl methyl sites for hydroxylation is 2. The third-order valence-electron chi connectivity index (χ3n) is 6.99. The van der Waals surface area contributed by atoms with Gasteiger partial charge in [-0.3, -0.25) is 4.90 Å². The van der Waals surface area contributed by atoms with Crippen LogP contribution in [0.2, 0.25) is 0 Å². The zero-order valence-corrected chi connectivity index (χ0v) is 22.0. The summed E-state index contributed by atoms with van der Waals surface area (Å²) in [5.41, 5.74) is 4.15. The molecule has 7 nitrogen and oxygen atoms in total. The van der Waals surface area contributed by atoms with Crippen molar-refractivity contribution in [1.82, 2.24) is 19.2 Å². The van der Waals surface area contributed by atoms with Crippen molar-refractivity contribution in [2.45, 2.75) is 31.7 Å². The van der Waals surface area contributed by atoms with Crippen LogP contribution >= 0.6 is 0 Å². The summed E-state index contributed by atoms with van der Waals surface area (Å²) in [5, 5.41) is 4.49. The minimum Gasteiger partial charge on any atom is -0.339 e. The van der Waals surface area contributed by atoms with Crippen LogP contribution in [0.4, 0.5) is 15.9 Å². The fourth-order valence-corrected chi connectivity index (χ4v) is 6.18. The van der Waals surface area contributed by atoms with Gasteiger partial charge in [0.15, 0.2) is 0 Å². The number of para-hydroxylation sites is 2. The molecule has 1 aliphatic rings. The van der Waals surface area contributed by atoms with Crippen LogP contribution in [0.1, 0.15) is 29.9 Å². The number of rotatable bonds is 6. The lowest BCUT2D eigenvalue weighted by Crippen LogP contribution is -2.49. The molecule has 0 spiro atoms. The molecule has 0 aliphatic carbocycles. The number of sulfonamides is 1. The summed E-state index contributed by atoms with van der Waals surface area (Å²) >= 11 is 0. The van der Waals surface area contributed by atoms with Crippen LogP contribution in [0.3, 0.4) is 0 Å². The van der Waals surface area contributed by atoms with Crippen LogP contribution in [0, 0.1) is 19.7 Å². The average Bonchev–Trinajstić information content (AvgIpc) is 2.90. The quantitative estimate of drug-likeness (QED) is 0.377. The third-order valence-corrected chi connectivity index (χ3v) is 8.90. The van der Waals surface area contributed by atoms with E-state index in [2.05, 4.69) is 43.1 Å². The molecule has 0 amide bonds. The highest BCUT2D eigenvalue weighted by molar-refractivity contribution is 7.89. The highest BCUT2D eigenvalue weighted by Gasteiger charge is 2.31. The van der Waals surface area contributed by atoms with Crippen molar-refractivity contribution in [3.05, 3.63) is 89.5 Å². The Morgan fingerprint density at radius 1 is 0.865 bits per heavy atom. The molecule has 3 aromatic carbocycles. The van der Waals surface area contributed by atoms with Crippen LogP contribution < -0.4 is 5.32 Å². The van der Waals surface area contributed by atoms with Gasteiger partial charge in [-0.05, 0) is 68.3 Å². The molecule has 1 saturated heterocycles. The van der Waals surface area contributed by atoms with Gasteiger partial charge in [0.2, 0.25) is 10.0 Å². The first-order chi connectivity index (χ1) is 17.7.